The van der Waals surface area contributed by atoms with Crippen LogP contribution in [0, 0.1) is 0 Å². The van der Waals surface area contributed by atoms with E-state index in [2.05, 4.69) is 21.4 Å². The van der Waals surface area contributed by atoms with Crippen molar-refractivity contribution in [3.8, 4) is 5.75 Å². The third kappa shape index (κ3) is 3.45. The molecular formula is C20H20N4O2. The molecule has 0 unspecified atom stereocenters. The van der Waals surface area contributed by atoms with Crippen molar-refractivity contribution >= 4 is 21.9 Å². The molecule has 4 aromatic rings. The van der Waals surface area contributed by atoms with Gasteiger partial charge in [0.25, 0.3) is 0 Å². The lowest BCUT2D eigenvalue weighted by Crippen LogP contribution is -2.13. The summed E-state index contributed by atoms with van der Waals surface area (Å²) in [7, 11) is 0. The van der Waals surface area contributed by atoms with Gasteiger partial charge in [0.1, 0.15) is 5.75 Å². The van der Waals surface area contributed by atoms with E-state index in [4.69, 9.17) is 9.72 Å². The lowest BCUT2D eigenvalue weighted by atomic mass is 10.2. The monoisotopic (exact) mass is 348 g/mol. The van der Waals surface area contributed by atoms with Gasteiger partial charge in [0, 0.05) is 18.5 Å². The smallest absolute Gasteiger partial charge is 0.323 e. The quantitative estimate of drug-likeness (QED) is 0.500. The topological polar surface area (TPSA) is 82.8 Å². The van der Waals surface area contributed by atoms with Gasteiger partial charge in [-0.3, -0.25) is 4.98 Å². The van der Waals surface area contributed by atoms with E-state index >= 15 is 0 Å². The Balaban J connectivity index is 1.43. The molecule has 6 heteroatoms. The summed E-state index contributed by atoms with van der Waals surface area (Å²) in [5.41, 5.74) is 4.51. The van der Waals surface area contributed by atoms with E-state index < -0.39 is 0 Å². The van der Waals surface area contributed by atoms with Crippen molar-refractivity contribution < 1.29 is 4.74 Å². The number of nitrogens with one attached hydrogen (secondary N) is 3. The van der Waals surface area contributed by atoms with Crippen molar-refractivity contribution in [2.24, 2.45) is 0 Å². The van der Waals surface area contributed by atoms with Crippen molar-refractivity contribution in [1.29, 1.82) is 0 Å². The lowest BCUT2D eigenvalue weighted by molar-refractivity contribution is 0.340. The zero-order valence-corrected chi connectivity index (χ0v) is 14.5. The molecule has 0 aliphatic rings. The van der Waals surface area contributed by atoms with Gasteiger partial charge in [-0.25, -0.2) is 4.79 Å². The number of H-pyrrole nitrogens is 2. The SMILES string of the molecule is CCOc1ccc2nc(CNCc3ccc4[nH]c(=O)[nH]c4c3)ccc2c1. The summed E-state index contributed by atoms with van der Waals surface area (Å²) in [6.45, 7) is 4.00. The van der Waals surface area contributed by atoms with E-state index in [0.717, 1.165) is 38.9 Å². The Morgan fingerprint density at radius 3 is 2.77 bits per heavy atom. The van der Waals surface area contributed by atoms with Gasteiger partial charge in [0.2, 0.25) is 0 Å². The van der Waals surface area contributed by atoms with E-state index in [-0.39, 0.29) is 5.69 Å². The first kappa shape index (κ1) is 16.4. The van der Waals surface area contributed by atoms with Gasteiger partial charge in [0.05, 0.1) is 28.9 Å². The van der Waals surface area contributed by atoms with Crippen LogP contribution in [0.3, 0.4) is 0 Å². The van der Waals surface area contributed by atoms with Crippen LogP contribution in [0.4, 0.5) is 0 Å². The van der Waals surface area contributed by atoms with Gasteiger partial charge < -0.3 is 20.0 Å². The van der Waals surface area contributed by atoms with Crippen molar-refractivity contribution in [1.82, 2.24) is 20.3 Å². The summed E-state index contributed by atoms with van der Waals surface area (Å²) in [5, 5.41) is 4.47. The van der Waals surface area contributed by atoms with E-state index in [1.807, 2.05) is 49.4 Å². The number of hydrogen-bond donors (Lipinski definition) is 3. The number of benzene rings is 2. The molecule has 6 nitrogen and oxygen atoms in total. The second-order valence-electron chi connectivity index (χ2n) is 6.15. The number of ether oxygens (including phenoxy) is 1. The maximum absolute atomic E-state index is 11.3. The first-order chi connectivity index (χ1) is 12.7. The van der Waals surface area contributed by atoms with Crippen molar-refractivity contribution in [2.75, 3.05) is 6.61 Å². The molecule has 0 spiro atoms. The summed E-state index contributed by atoms with van der Waals surface area (Å²) >= 11 is 0. The fourth-order valence-electron chi connectivity index (χ4n) is 3.03. The Kier molecular flexibility index (Phi) is 4.41. The molecule has 2 aromatic heterocycles. The number of fused-ring (bicyclic) bond motifs is 2. The average molecular weight is 348 g/mol. The largest absolute Gasteiger partial charge is 0.494 e. The third-order valence-corrected chi connectivity index (χ3v) is 4.24. The highest BCUT2D eigenvalue weighted by Crippen LogP contribution is 2.20. The minimum atomic E-state index is -0.182. The van der Waals surface area contributed by atoms with Crippen LogP contribution in [0.25, 0.3) is 21.9 Å². The molecule has 0 bridgehead atoms. The van der Waals surface area contributed by atoms with Gasteiger partial charge in [0.15, 0.2) is 0 Å². The Hall–Kier alpha value is -3.12. The molecule has 0 aliphatic heterocycles. The van der Waals surface area contributed by atoms with Crippen molar-refractivity contribution in [3.05, 3.63) is 70.3 Å². The van der Waals surface area contributed by atoms with Gasteiger partial charge in [-0.05, 0) is 48.9 Å². The lowest BCUT2D eigenvalue weighted by Gasteiger charge is -2.07. The fraction of sp³-hybridized carbons (Fsp3) is 0.200. The number of aromatic amines is 2. The first-order valence-corrected chi connectivity index (χ1v) is 8.65. The predicted molar refractivity (Wildman–Crippen MR) is 102 cm³/mol. The molecule has 3 N–H and O–H groups in total. The molecule has 4 rings (SSSR count). The van der Waals surface area contributed by atoms with Crippen LogP contribution in [0.2, 0.25) is 0 Å². The number of imidazole rings is 1. The van der Waals surface area contributed by atoms with Gasteiger partial charge in [-0.15, -0.1) is 0 Å². The fourth-order valence-corrected chi connectivity index (χ4v) is 3.03. The van der Waals surface area contributed by atoms with Crippen LogP contribution in [-0.2, 0) is 13.1 Å². The standard InChI is InChI=1S/C20H20N4O2/c1-2-26-16-6-8-17-14(10-16)4-5-15(22-17)12-21-11-13-3-7-18-19(9-13)24-20(25)23-18/h3-10,21H,2,11-12H2,1H3,(H2,23,24,25). The van der Waals surface area contributed by atoms with Crippen molar-refractivity contribution in [3.63, 3.8) is 0 Å². The highest BCUT2D eigenvalue weighted by atomic mass is 16.5. The van der Waals surface area contributed by atoms with Crippen LogP contribution in [0.15, 0.2) is 53.3 Å². The van der Waals surface area contributed by atoms with Crippen molar-refractivity contribution in [2.45, 2.75) is 20.0 Å². The number of hydrogen-bond acceptors (Lipinski definition) is 4. The Morgan fingerprint density at radius 1 is 1.00 bits per heavy atom. The molecule has 0 saturated heterocycles. The molecule has 26 heavy (non-hydrogen) atoms. The molecule has 2 heterocycles. The maximum atomic E-state index is 11.3. The summed E-state index contributed by atoms with van der Waals surface area (Å²) in [6, 6.07) is 15.9. The molecule has 0 radical (unpaired) electrons. The Bertz CT molecular complexity index is 1110. The molecule has 0 aliphatic carbocycles. The highest BCUT2D eigenvalue weighted by molar-refractivity contribution is 5.80. The average Bonchev–Trinajstić information content (AvgIpc) is 3.01. The minimum Gasteiger partial charge on any atom is -0.494 e. The third-order valence-electron chi connectivity index (χ3n) is 4.24. The first-order valence-electron chi connectivity index (χ1n) is 8.65. The maximum Gasteiger partial charge on any atom is 0.323 e. The Morgan fingerprint density at radius 2 is 1.88 bits per heavy atom. The van der Waals surface area contributed by atoms with Gasteiger partial charge >= 0.3 is 5.69 Å². The minimum absolute atomic E-state index is 0.182. The molecule has 0 fully saturated rings. The zero-order valence-electron chi connectivity index (χ0n) is 14.5. The van der Waals surface area contributed by atoms with Gasteiger partial charge in [-0.2, -0.15) is 0 Å². The Labute approximate surface area is 150 Å². The normalized spacial score (nSPS) is 11.3. The highest BCUT2D eigenvalue weighted by Gasteiger charge is 2.03. The molecule has 0 amide bonds. The van der Waals surface area contributed by atoms with Crippen LogP contribution in [0.5, 0.6) is 5.75 Å². The predicted octanol–water partition coefficient (Wildman–Crippen LogP) is 3.09. The van der Waals surface area contributed by atoms with Crippen LogP contribution in [-0.4, -0.2) is 21.6 Å². The van der Waals surface area contributed by atoms with Crippen LogP contribution in [0.1, 0.15) is 18.2 Å². The van der Waals surface area contributed by atoms with E-state index in [1.165, 1.54) is 0 Å². The van der Waals surface area contributed by atoms with E-state index in [0.29, 0.717) is 19.7 Å². The summed E-state index contributed by atoms with van der Waals surface area (Å²) in [6.07, 6.45) is 0. The molecule has 2 aromatic carbocycles. The number of nitrogens with zero attached hydrogens (tertiary/aromatic N) is 1. The number of rotatable bonds is 6. The molecule has 0 saturated carbocycles. The molecule has 0 atom stereocenters. The van der Waals surface area contributed by atoms with Gasteiger partial charge in [-0.1, -0.05) is 12.1 Å². The summed E-state index contributed by atoms with van der Waals surface area (Å²) < 4.78 is 5.53. The van der Waals surface area contributed by atoms with Crippen LogP contribution >= 0.6 is 0 Å². The number of pyridine rings is 1. The summed E-state index contributed by atoms with van der Waals surface area (Å²) in [5.74, 6) is 0.867. The van der Waals surface area contributed by atoms with Crippen LogP contribution < -0.4 is 15.7 Å². The second kappa shape index (κ2) is 7.01. The van der Waals surface area contributed by atoms with E-state index in [1.54, 1.807) is 0 Å². The molecular weight excluding hydrogens is 328 g/mol. The number of aromatic nitrogens is 3. The van der Waals surface area contributed by atoms with E-state index in [9.17, 15) is 4.79 Å². The second-order valence-corrected chi connectivity index (χ2v) is 6.15. The molecule has 132 valence electrons. The zero-order chi connectivity index (χ0) is 17.9. The summed E-state index contributed by atoms with van der Waals surface area (Å²) in [4.78, 5) is 21.5.